The van der Waals surface area contributed by atoms with E-state index in [4.69, 9.17) is 0 Å². The third-order valence-electron chi connectivity index (χ3n) is 4.58. The van der Waals surface area contributed by atoms with E-state index < -0.39 is 6.10 Å². The van der Waals surface area contributed by atoms with E-state index in [-0.39, 0.29) is 17.3 Å². The quantitative estimate of drug-likeness (QED) is 0.784. The Bertz CT molecular complexity index is 641. The van der Waals surface area contributed by atoms with Gasteiger partial charge in [0, 0.05) is 0 Å². The molecule has 1 atom stereocenters. The molecule has 0 saturated heterocycles. The summed E-state index contributed by atoms with van der Waals surface area (Å²) in [7, 11) is 0. The Balaban J connectivity index is 0.00000242. The molecule has 1 aromatic heterocycles. The summed E-state index contributed by atoms with van der Waals surface area (Å²) in [6.45, 7) is 10.6. The van der Waals surface area contributed by atoms with Gasteiger partial charge in [-0.1, -0.05) is 23.5 Å². The number of hydrogen-bond acceptors (Lipinski definition) is 3. The van der Waals surface area contributed by atoms with Crippen LogP contribution in [0.2, 0.25) is 0 Å². The molecule has 1 aromatic carbocycles. The standard InChI is InChI=1S/C16H25N2O2S.ClH/c1-4-18(5-2,6-3)12-13(19)11-17-14-9-7-8-10-15(14)21-16(17)20;/h7-10,13,19H,4-6,11-12H2,1-3H3;1H/q+1;. The number of benzene rings is 1. The van der Waals surface area contributed by atoms with Crippen LogP contribution in [0.1, 0.15) is 20.8 Å². The van der Waals surface area contributed by atoms with Crippen LogP contribution in [0, 0.1) is 0 Å². The van der Waals surface area contributed by atoms with Crippen molar-refractivity contribution in [3.8, 4) is 0 Å². The fraction of sp³-hybridized carbons (Fsp3) is 0.562. The maximum Gasteiger partial charge on any atom is 0.308 e. The molecule has 1 unspecified atom stereocenters. The first-order valence-corrected chi connectivity index (χ1v) is 8.48. The number of nitrogens with zero attached hydrogens (tertiary/aromatic N) is 2. The molecule has 1 N–H and O–H groups in total. The molecule has 2 rings (SSSR count). The SMILES string of the molecule is CC[N+](CC)(CC)CC(O)Cn1c(=O)sc2ccccc21.Cl. The Hall–Kier alpha value is -0.880. The molecule has 0 spiro atoms. The summed E-state index contributed by atoms with van der Waals surface area (Å²) < 4.78 is 3.58. The Morgan fingerprint density at radius 1 is 1.18 bits per heavy atom. The van der Waals surface area contributed by atoms with Crippen LogP contribution in [-0.4, -0.2) is 46.4 Å². The van der Waals surface area contributed by atoms with Crippen LogP contribution in [0.25, 0.3) is 10.2 Å². The molecule has 0 fully saturated rings. The van der Waals surface area contributed by atoms with E-state index in [0.29, 0.717) is 13.1 Å². The van der Waals surface area contributed by atoms with Gasteiger partial charge in [0.15, 0.2) is 0 Å². The number of quaternary nitrogens is 1. The first-order valence-electron chi connectivity index (χ1n) is 7.66. The van der Waals surface area contributed by atoms with Crippen LogP contribution >= 0.6 is 23.7 Å². The van der Waals surface area contributed by atoms with Crippen LogP contribution in [0.5, 0.6) is 0 Å². The lowest BCUT2D eigenvalue weighted by Crippen LogP contribution is -2.52. The van der Waals surface area contributed by atoms with Crippen molar-refractivity contribution < 1.29 is 9.59 Å². The number of halogens is 1. The molecule has 2 aromatic rings. The third kappa shape index (κ3) is 3.90. The van der Waals surface area contributed by atoms with Crippen molar-refractivity contribution in [2.75, 3.05) is 26.2 Å². The minimum atomic E-state index is -0.499. The second-order valence-electron chi connectivity index (χ2n) is 5.57. The summed E-state index contributed by atoms with van der Waals surface area (Å²) in [5.74, 6) is 0. The number of aromatic nitrogens is 1. The number of fused-ring (bicyclic) bond motifs is 1. The normalized spacial score (nSPS) is 13.1. The molecule has 1 heterocycles. The van der Waals surface area contributed by atoms with E-state index in [1.807, 2.05) is 24.3 Å². The lowest BCUT2D eigenvalue weighted by molar-refractivity contribution is -0.926. The largest absolute Gasteiger partial charge is 0.385 e. The van der Waals surface area contributed by atoms with Crippen molar-refractivity contribution >= 4 is 34.0 Å². The maximum absolute atomic E-state index is 12.1. The van der Waals surface area contributed by atoms with E-state index in [0.717, 1.165) is 34.3 Å². The molecule has 0 aliphatic heterocycles. The molecule has 0 aliphatic carbocycles. The van der Waals surface area contributed by atoms with Crippen molar-refractivity contribution in [2.24, 2.45) is 0 Å². The van der Waals surface area contributed by atoms with Gasteiger partial charge in [-0.05, 0) is 32.9 Å². The number of rotatable bonds is 7. The van der Waals surface area contributed by atoms with Gasteiger partial charge < -0.3 is 9.59 Å². The number of aliphatic hydroxyl groups is 1. The van der Waals surface area contributed by atoms with Crippen molar-refractivity contribution in [3.05, 3.63) is 33.9 Å². The second kappa shape index (κ2) is 8.11. The summed E-state index contributed by atoms with van der Waals surface area (Å²) in [6.07, 6.45) is -0.499. The molecule has 124 valence electrons. The van der Waals surface area contributed by atoms with E-state index in [1.54, 1.807) is 4.57 Å². The summed E-state index contributed by atoms with van der Waals surface area (Å²) in [6, 6.07) is 7.77. The summed E-state index contributed by atoms with van der Waals surface area (Å²) in [5, 5.41) is 10.5. The lowest BCUT2D eigenvalue weighted by atomic mass is 10.2. The zero-order valence-electron chi connectivity index (χ0n) is 13.5. The highest BCUT2D eigenvalue weighted by molar-refractivity contribution is 7.16. The van der Waals surface area contributed by atoms with Crippen molar-refractivity contribution in [1.29, 1.82) is 0 Å². The number of thiazole rings is 1. The van der Waals surface area contributed by atoms with Gasteiger partial charge in [-0.25, -0.2) is 0 Å². The summed E-state index contributed by atoms with van der Waals surface area (Å²) in [5.41, 5.74) is 0.925. The van der Waals surface area contributed by atoms with Crippen LogP contribution in [0.15, 0.2) is 29.1 Å². The highest BCUT2D eigenvalue weighted by Gasteiger charge is 2.25. The summed E-state index contributed by atoms with van der Waals surface area (Å²) in [4.78, 5) is 12.1. The zero-order chi connectivity index (χ0) is 15.5. The van der Waals surface area contributed by atoms with Gasteiger partial charge in [-0.3, -0.25) is 9.36 Å². The Labute approximate surface area is 142 Å². The number of hydrogen-bond donors (Lipinski definition) is 1. The highest BCUT2D eigenvalue weighted by Crippen LogP contribution is 2.17. The predicted octanol–water partition coefficient (Wildman–Crippen LogP) is 2.72. The topological polar surface area (TPSA) is 42.2 Å². The molecule has 4 nitrogen and oxygen atoms in total. The van der Waals surface area contributed by atoms with Gasteiger partial charge in [0.05, 0.1) is 36.4 Å². The predicted molar refractivity (Wildman–Crippen MR) is 96.1 cm³/mol. The maximum atomic E-state index is 12.1. The van der Waals surface area contributed by atoms with Crippen LogP contribution in [-0.2, 0) is 6.54 Å². The van der Waals surface area contributed by atoms with Crippen molar-refractivity contribution in [2.45, 2.75) is 33.4 Å². The number of aliphatic hydroxyl groups excluding tert-OH is 1. The molecule has 0 aliphatic rings. The smallest absolute Gasteiger partial charge is 0.308 e. The Kier molecular flexibility index (Phi) is 7.06. The minimum absolute atomic E-state index is 0. The third-order valence-corrected chi connectivity index (χ3v) is 5.54. The van der Waals surface area contributed by atoms with Crippen LogP contribution in [0.3, 0.4) is 0 Å². The molecular formula is C16H26ClN2O2S+. The van der Waals surface area contributed by atoms with E-state index in [9.17, 15) is 9.90 Å². The minimum Gasteiger partial charge on any atom is -0.385 e. The van der Waals surface area contributed by atoms with Crippen molar-refractivity contribution in [3.63, 3.8) is 0 Å². The van der Waals surface area contributed by atoms with Gasteiger partial charge in [-0.2, -0.15) is 0 Å². The van der Waals surface area contributed by atoms with E-state index in [1.165, 1.54) is 11.3 Å². The average Bonchev–Trinajstić information content (AvgIpc) is 2.81. The number of para-hydroxylation sites is 1. The zero-order valence-corrected chi connectivity index (χ0v) is 15.1. The fourth-order valence-electron chi connectivity index (χ4n) is 2.96. The van der Waals surface area contributed by atoms with Crippen LogP contribution in [0.4, 0.5) is 0 Å². The van der Waals surface area contributed by atoms with Crippen LogP contribution < -0.4 is 4.87 Å². The van der Waals surface area contributed by atoms with E-state index in [2.05, 4.69) is 20.8 Å². The molecule has 22 heavy (non-hydrogen) atoms. The monoisotopic (exact) mass is 345 g/mol. The lowest BCUT2D eigenvalue weighted by Gasteiger charge is -2.37. The average molecular weight is 346 g/mol. The molecule has 0 bridgehead atoms. The van der Waals surface area contributed by atoms with Gasteiger partial charge in [0.2, 0.25) is 0 Å². The molecule has 0 radical (unpaired) electrons. The summed E-state index contributed by atoms with van der Waals surface area (Å²) >= 11 is 1.25. The van der Waals surface area contributed by atoms with Gasteiger partial charge in [-0.15, -0.1) is 12.4 Å². The van der Waals surface area contributed by atoms with E-state index >= 15 is 0 Å². The first-order chi connectivity index (χ1) is 10.0. The van der Waals surface area contributed by atoms with Gasteiger partial charge >= 0.3 is 4.87 Å². The second-order valence-corrected chi connectivity index (χ2v) is 6.57. The molecule has 0 saturated carbocycles. The molecular weight excluding hydrogens is 320 g/mol. The Morgan fingerprint density at radius 2 is 1.77 bits per heavy atom. The van der Waals surface area contributed by atoms with Crippen molar-refractivity contribution in [1.82, 2.24) is 4.57 Å². The molecule has 6 heteroatoms. The van der Waals surface area contributed by atoms with Gasteiger partial charge in [0.25, 0.3) is 0 Å². The highest BCUT2D eigenvalue weighted by atomic mass is 35.5. The number of likely N-dealkylation sites (N-methyl/N-ethyl adjacent to an activating group) is 1. The van der Waals surface area contributed by atoms with Gasteiger partial charge in [0.1, 0.15) is 12.6 Å². The Morgan fingerprint density at radius 3 is 2.36 bits per heavy atom. The molecule has 0 amide bonds. The first kappa shape index (κ1) is 19.2. The fourth-order valence-corrected chi connectivity index (χ4v) is 3.86.